The Kier molecular flexibility index (Phi) is 8.35. The van der Waals surface area contributed by atoms with Gasteiger partial charge in [0.05, 0.1) is 0 Å². The molecule has 10 nitrogen and oxygen atoms in total. The van der Waals surface area contributed by atoms with Crippen LogP contribution < -0.4 is 25.7 Å². The quantitative estimate of drug-likeness (QED) is 0.552. The minimum atomic E-state index is -3.99. The zero-order valence-electron chi connectivity index (χ0n) is 19.8. The summed E-state index contributed by atoms with van der Waals surface area (Å²) in [5, 5.41) is 0.347. The van der Waals surface area contributed by atoms with E-state index in [1.807, 2.05) is 9.44 Å². The van der Waals surface area contributed by atoms with E-state index in [0.29, 0.717) is 16.4 Å². The Morgan fingerprint density at radius 3 is 2.56 bits per heavy atom. The van der Waals surface area contributed by atoms with Gasteiger partial charge in [-0.3, -0.25) is 4.72 Å². The molecule has 0 radical (unpaired) electrons. The fourth-order valence-corrected chi connectivity index (χ4v) is 3.20. The Hall–Kier alpha value is -3.51. The predicted molar refractivity (Wildman–Crippen MR) is 126 cm³/mol. The fraction of sp³-hybridized carbons (Fsp3) is 0.318. The van der Waals surface area contributed by atoms with Gasteiger partial charge in [-0.25, -0.2) is 23.7 Å². The zero-order valence-corrected chi connectivity index (χ0v) is 20.6. The van der Waals surface area contributed by atoms with Gasteiger partial charge in [0.2, 0.25) is 0 Å². The monoisotopic (exact) mass is 494 g/mol. The second kappa shape index (κ2) is 10.6. The molecule has 0 spiro atoms. The molecule has 2 rings (SSSR count). The van der Waals surface area contributed by atoms with Crippen LogP contribution >= 0.6 is 0 Å². The lowest BCUT2D eigenvalue weighted by Crippen LogP contribution is -2.34. The van der Waals surface area contributed by atoms with E-state index in [-0.39, 0.29) is 28.7 Å². The standard InChI is InChI=1S/C22H27FN4O6S/c1-12(2)17(33-22(29)27(6)7)11-18-14(4)13(3)16(21(28)32-18)10-15-8-9-25-20(19(15)23)26-34(30,31)24-5/h8-9,11,24H,4,10H2,1-3,5-7H3,(H,25,26)/b18-11+. The largest absolute Gasteiger partial charge is 0.422 e. The van der Waals surface area contributed by atoms with Crippen molar-refractivity contribution in [1.29, 1.82) is 0 Å². The van der Waals surface area contributed by atoms with Crippen LogP contribution in [-0.4, -0.2) is 45.5 Å². The van der Waals surface area contributed by atoms with Gasteiger partial charge in [0.25, 0.3) is 10.2 Å². The van der Waals surface area contributed by atoms with E-state index in [1.165, 1.54) is 37.3 Å². The summed E-state index contributed by atoms with van der Waals surface area (Å²) in [6.07, 6.45) is 1.82. The van der Waals surface area contributed by atoms with Crippen LogP contribution in [0.15, 0.2) is 32.8 Å². The third-order valence-corrected chi connectivity index (χ3v) is 5.80. The molecule has 184 valence electrons. The number of amides is 1. The Labute approximate surface area is 196 Å². The van der Waals surface area contributed by atoms with Crippen molar-refractivity contribution < 1.29 is 26.8 Å². The molecular formula is C22H27FN4O6S. The highest BCUT2D eigenvalue weighted by atomic mass is 32.2. The lowest BCUT2D eigenvalue weighted by Gasteiger charge is -2.12. The first-order valence-corrected chi connectivity index (χ1v) is 11.5. The van der Waals surface area contributed by atoms with E-state index in [0.717, 1.165) is 7.05 Å². The normalized spacial score (nSPS) is 11.8. The van der Waals surface area contributed by atoms with Gasteiger partial charge in [-0.1, -0.05) is 6.58 Å². The summed E-state index contributed by atoms with van der Waals surface area (Å²) in [5.41, 5.74) is 0.625. The number of carbonyl (C=O) groups excluding carboxylic acids is 1. The average molecular weight is 495 g/mol. The number of ether oxygens (including phenoxy) is 1. The molecule has 0 bridgehead atoms. The summed E-state index contributed by atoms with van der Waals surface area (Å²) < 4.78 is 52.9. The smallest absolute Gasteiger partial charge is 0.414 e. The number of allylic oxidation sites excluding steroid dienone is 2. The summed E-state index contributed by atoms with van der Waals surface area (Å²) in [5.74, 6) is -1.24. The lowest BCUT2D eigenvalue weighted by atomic mass is 10.0. The zero-order chi connectivity index (χ0) is 25.8. The van der Waals surface area contributed by atoms with Crippen LogP contribution in [0.1, 0.15) is 30.5 Å². The minimum Gasteiger partial charge on any atom is -0.422 e. The maximum Gasteiger partial charge on any atom is 0.414 e. The van der Waals surface area contributed by atoms with Crippen LogP contribution in [0.2, 0.25) is 0 Å². The van der Waals surface area contributed by atoms with Crippen molar-refractivity contribution in [1.82, 2.24) is 14.6 Å². The average Bonchev–Trinajstić information content (AvgIpc) is 2.76. The number of nitrogens with one attached hydrogen (secondary N) is 2. The summed E-state index contributed by atoms with van der Waals surface area (Å²) in [6.45, 7) is 9.03. The topological polar surface area (TPSA) is 131 Å². The van der Waals surface area contributed by atoms with E-state index < -0.39 is 33.6 Å². The Morgan fingerprint density at radius 1 is 1.35 bits per heavy atom. The molecule has 1 amide bonds. The van der Waals surface area contributed by atoms with Gasteiger partial charge in [-0.2, -0.15) is 8.42 Å². The molecule has 0 unspecified atom stereocenters. The number of rotatable bonds is 7. The molecule has 0 aliphatic heterocycles. The number of aromatic nitrogens is 1. The van der Waals surface area contributed by atoms with E-state index >= 15 is 0 Å². The van der Waals surface area contributed by atoms with Crippen molar-refractivity contribution in [3.8, 4) is 0 Å². The first kappa shape index (κ1) is 26.7. The van der Waals surface area contributed by atoms with Gasteiger partial charge >= 0.3 is 11.7 Å². The molecule has 2 aromatic heterocycles. The maximum absolute atomic E-state index is 14.9. The van der Waals surface area contributed by atoms with Gasteiger partial charge in [-0.15, -0.1) is 0 Å². The van der Waals surface area contributed by atoms with Gasteiger partial charge in [0.15, 0.2) is 11.6 Å². The van der Waals surface area contributed by atoms with E-state index in [2.05, 4.69) is 11.6 Å². The molecule has 0 aliphatic rings. The third kappa shape index (κ3) is 6.29. The molecule has 0 saturated heterocycles. The number of pyridine rings is 1. The highest BCUT2D eigenvalue weighted by Crippen LogP contribution is 2.18. The number of anilines is 1. The Bertz CT molecular complexity index is 1410. The van der Waals surface area contributed by atoms with Crippen LogP contribution in [0.3, 0.4) is 0 Å². The molecular weight excluding hydrogens is 467 g/mol. The first-order chi connectivity index (χ1) is 15.8. The molecule has 0 atom stereocenters. The number of halogens is 1. The van der Waals surface area contributed by atoms with Crippen LogP contribution in [0.25, 0.3) is 12.7 Å². The van der Waals surface area contributed by atoms with Crippen molar-refractivity contribution in [3.05, 3.63) is 67.2 Å². The first-order valence-electron chi connectivity index (χ1n) is 10.0. The highest BCUT2D eigenvalue weighted by Gasteiger charge is 2.18. The second-order valence-electron chi connectivity index (χ2n) is 7.73. The van der Waals surface area contributed by atoms with Crippen molar-refractivity contribution in [2.75, 3.05) is 25.9 Å². The number of hydrogen-bond acceptors (Lipinski definition) is 7. The maximum atomic E-state index is 14.9. The third-order valence-electron chi connectivity index (χ3n) is 4.81. The van der Waals surface area contributed by atoms with Crippen molar-refractivity contribution in [2.45, 2.75) is 27.2 Å². The molecule has 2 aromatic rings. The van der Waals surface area contributed by atoms with Gasteiger partial charge in [-0.05, 0) is 43.5 Å². The molecule has 0 saturated carbocycles. The van der Waals surface area contributed by atoms with E-state index in [4.69, 9.17) is 9.15 Å². The molecule has 2 heterocycles. The van der Waals surface area contributed by atoms with Crippen LogP contribution in [0, 0.1) is 12.7 Å². The molecule has 0 aromatic carbocycles. The van der Waals surface area contributed by atoms with Crippen molar-refractivity contribution >= 4 is 34.8 Å². The number of nitrogens with zero attached hydrogens (tertiary/aromatic N) is 2. The SMILES string of the molecule is C=c1c(C)c(Cc2ccnc(NS(=O)(=O)NC)c2F)c(=O)o/c1=C/C(OC(=O)N(C)C)=C(C)C. The van der Waals surface area contributed by atoms with Gasteiger partial charge in [0, 0.05) is 50.6 Å². The Balaban J connectivity index is 2.53. The van der Waals surface area contributed by atoms with Crippen LogP contribution in [0.5, 0.6) is 0 Å². The fourth-order valence-electron chi connectivity index (χ4n) is 2.70. The van der Waals surface area contributed by atoms with E-state index in [1.54, 1.807) is 20.8 Å². The molecule has 34 heavy (non-hydrogen) atoms. The van der Waals surface area contributed by atoms with Crippen molar-refractivity contribution in [2.24, 2.45) is 0 Å². The molecule has 0 fully saturated rings. The number of carbonyl (C=O) groups is 1. The summed E-state index contributed by atoms with van der Waals surface area (Å²) in [4.78, 5) is 29.7. The summed E-state index contributed by atoms with van der Waals surface area (Å²) in [6, 6.07) is 1.33. The second-order valence-corrected chi connectivity index (χ2v) is 9.35. The molecule has 12 heteroatoms. The van der Waals surface area contributed by atoms with Crippen LogP contribution in [-0.2, 0) is 21.4 Å². The molecule has 2 N–H and O–H groups in total. The van der Waals surface area contributed by atoms with E-state index in [9.17, 15) is 22.4 Å². The summed E-state index contributed by atoms with van der Waals surface area (Å²) in [7, 11) is 0.239. The Morgan fingerprint density at radius 2 is 2.00 bits per heavy atom. The predicted octanol–water partition coefficient (Wildman–Crippen LogP) is 1.13. The molecule has 0 aliphatic carbocycles. The number of hydrogen-bond donors (Lipinski definition) is 2. The van der Waals surface area contributed by atoms with Gasteiger partial charge in [0.1, 0.15) is 11.2 Å². The minimum absolute atomic E-state index is 0.0280. The van der Waals surface area contributed by atoms with Crippen molar-refractivity contribution in [3.63, 3.8) is 0 Å². The lowest BCUT2D eigenvalue weighted by molar-refractivity contribution is 0.150. The highest BCUT2D eigenvalue weighted by molar-refractivity contribution is 7.90. The van der Waals surface area contributed by atoms with Crippen LogP contribution in [0.4, 0.5) is 15.0 Å². The van der Waals surface area contributed by atoms with Gasteiger partial charge < -0.3 is 14.1 Å². The summed E-state index contributed by atoms with van der Waals surface area (Å²) >= 11 is 0.